The highest BCUT2D eigenvalue weighted by atomic mass is 35.5. The summed E-state index contributed by atoms with van der Waals surface area (Å²) in [6, 6.07) is 0. The average Bonchev–Trinajstić information content (AvgIpc) is 2.33. The molecular weight excluding hydrogens is 256 g/mol. The van der Waals surface area contributed by atoms with Crippen LogP contribution >= 0.6 is 11.6 Å². The molecule has 2 N–H and O–H groups in total. The number of nitrogens with one attached hydrogen (secondary N) is 2. The summed E-state index contributed by atoms with van der Waals surface area (Å²) in [7, 11) is 1.32. The first-order valence-electron chi connectivity index (χ1n) is 5.67. The summed E-state index contributed by atoms with van der Waals surface area (Å²) in [6.45, 7) is 5.98. The summed E-state index contributed by atoms with van der Waals surface area (Å²) < 4.78 is 4.71. The maximum Gasteiger partial charge on any atom is 0.343 e. The fraction of sp³-hybridized carbons (Fsp3) is 0.545. The van der Waals surface area contributed by atoms with Crippen LogP contribution in [0.15, 0.2) is 0 Å². The van der Waals surface area contributed by atoms with Crippen molar-refractivity contribution in [2.45, 2.75) is 13.8 Å². The van der Waals surface area contributed by atoms with Crippen LogP contribution in [0.1, 0.15) is 23.0 Å². The zero-order valence-corrected chi connectivity index (χ0v) is 11.5. The lowest BCUT2D eigenvalue weighted by molar-refractivity contribution is 0.0600. The van der Waals surface area contributed by atoms with Gasteiger partial charge >= 0.3 is 5.97 Å². The number of esters is 1. The number of halogens is 1. The number of methoxy groups -OCH3 is 1. The van der Waals surface area contributed by atoms with E-state index in [-0.39, 0.29) is 5.28 Å². The van der Waals surface area contributed by atoms with Gasteiger partial charge in [-0.15, -0.1) is 0 Å². The molecule has 0 atom stereocenters. The lowest BCUT2D eigenvalue weighted by Gasteiger charge is -2.11. The molecule has 0 bridgehead atoms. The third-order valence-electron chi connectivity index (χ3n) is 2.30. The minimum atomic E-state index is -0.477. The average molecular weight is 273 g/mol. The SMILES string of the molecule is CCNCCNc1nc(Cl)nc(C)c1C(=O)OC. The van der Waals surface area contributed by atoms with E-state index in [0.717, 1.165) is 13.1 Å². The van der Waals surface area contributed by atoms with Crippen molar-refractivity contribution in [1.29, 1.82) is 0 Å². The Labute approximate surface area is 111 Å². The fourth-order valence-corrected chi connectivity index (χ4v) is 1.67. The number of hydrogen-bond donors (Lipinski definition) is 2. The fourth-order valence-electron chi connectivity index (χ4n) is 1.46. The highest BCUT2D eigenvalue weighted by Crippen LogP contribution is 2.19. The van der Waals surface area contributed by atoms with Crippen LogP contribution in [0.4, 0.5) is 5.82 Å². The highest BCUT2D eigenvalue weighted by molar-refractivity contribution is 6.28. The van der Waals surface area contributed by atoms with Gasteiger partial charge in [0.2, 0.25) is 5.28 Å². The van der Waals surface area contributed by atoms with E-state index in [0.29, 0.717) is 23.6 Å². The number of carbonyl (C=O) groups is 1. The molecule has 1 aromatic rings. The van der Waals surface area contributed by atoms with Gasteiger partial charge in [0.25, 0.3) is 0 Å². The summed E-state index contributed by atoms with van der Waals surface area (Å²) in [5.41, 5.74) is 0.811. The van der Waals surface area contributed by atoms with Crippen LogP contribution in [0.5, 0.6) is 0 Å². The second-order valence-electron chi connectivity index (χ2n) is 3.57. The van der Waals surface area contributed by atoms with E-state index in [4.69, 9.17) is 16.3 Å². The van der Waals surface area contributed by atoms with Crippen LogP contribution in [0.3, 0.4) is 0 Å². The Hall–Kier alpha value is -1.40. The highest BCUT2D eigenvalue weighted by Gasteiger charge is 2.18. The maximum atomic E-state index is 11.7. The van der Waals surface area contributed by atoms with Crippen LogP contribution in [0.2, 0.25) is 5.28 Å². The number of aryl methyl sites for hydroxylation is 1. The molecule has 0 aliphatic carbocycles. The molecule has 0 saturated heterocycles. The van der Waals surface area contributed by atoms with Crippen molar-refractivity contribution in [3.8, 4) is 0 Å². The van der Waals surface area contributed by atoms with Crippen molar-refractivity contribution in [2.24, 2.45) is 0 Å². The summed E-state index contributed by atoms with van der Waals surface area (Å²) in [4.78, 5) is 19.6. The quantitative estimate of drug-likeness (QED) is 0.461. The predicted molar refractivity (Wildman–Crippen MR) is 70.2 cm³/mol. The number of anilines is 1. The van der Waals surface area contributed by atoms with Crippen LogP contribution < -0.4 is 10.6 Å². The maximum absolute atomic E-state index is 11.7. The Morgan fingerprint density at radius 2 is 2.11 bits per heavy atom. The molecule has 0 aromatic carbocycles. The number of carbonyl (C=O) groups excluding carboxylic acids is 1. The second-order valence-corrected chi connectivity index (χ2v) is 3.91. The topological polar surface area (TPSA) is 76.1 Å². The Bertz CT molecular complexity index is 426. The summed E-state index contributed by atoms with van der Waals surface area (Å²) >= 11 is 5.78. The first-order valence-corrected chi connectivity index (χ1v) is 6.05. The van der Waals surface area contributed by atoms with Gasteiger partial charge < -0.3 is 15.4 Å². The largest absolute Gasteiger partial charge is 0.465 e. The zero-order chi connectivity index (χ0) is 13.5. The van der Waals surface area contributed by atoms with Crippen molar-refractivity contribution in [3.63, 3.8) is 0 Å². The van der Waals surface area contributed by atoms with E-state index in [1.54, 1.807) is 6.92 Å². The first-order chi connectivity index (χ1) is 8.60. The third-order valence-corrected chi connectivity index (χ3v) is 2.47. The van der Waals surface area contributed by atoms with Crippen molar-refractivity contribution in [2.75, 3.05) is 32.1 Å². The van der Waals surface area contributed by atoms with Gasteiger partial charge in [-0.25, -0.2) is 9.78 Å². The van der Waals surface area contributed by atoms with Crippen molar-refractivity contribution < 1.29 is 9.53 Å². The van der Waals surface area contributed by atoms with Gasteiger partial charge in [0.1, 0.15) is 11.4 Å². The monoisotopic (exact) mass is 272 g/mol. The molecule has 0 radical (unpaired) electrons. The van der Waals surface area contributed by atoms with E-state index < -0.39 is 5.97 Å². The molecule has 1 aromatic heterocycles. The molecule has 0 amide bonds. The van der Waals surface area contributed by atoms with E-state index in [1.807, 2.05) is 6.92 Å². The number of nitrogens with zero attached hydrogens (tertiary/aromatic N) is 2. The number of aromatic nitrogens is 2. The van der Waals surface area contributed by atoms with E-state index in [2.05, 4.69) is 20.6 Å². The molecule has 0 aliphatic rings. The molecular formula is C11H17ClN4O2. The molecule has 6 nitrogen and oxygen atoms in total. The molecule has 0 saturated carbocycles. The lowest BCUT2D eigenvalue weighted by Crippen LogP contribution is -2.23. The third kappa shape index (κ3) is 3.82. The molecule has 1 heterocycles. The molecule has 100 valence electrons. The summed E-state index contributed by atoms with van der Waals surface area (Å²) in [5, 5.41) is 6.30. The summed E-state index contributed by atoms with van der Waals surface area (Å²) in [6.07, 6.45) is 0. The van der Waals surface area contributed by atoms with Gasteiger partial charge in [-0.3, -0.25) is 0 Å². The van der Waals surface area contributed by atoms with Crippen LogP contribution in [0, 0.1) is 6.92 Å². The molecule has 0 aliphatic heterocycles. The van der Waals surface area contributed by atoms with E-state index in [1.165, 1.54) is 7.11 Å². The second kappa shape index (κ2) is 7.13. The molecule has 0 fully saturated rings. The van der Waals surface area contributed by atoms with Crippen molar-refractivity contribution >= 4 is 23.4 Å². The standard InChI is InChI=1S/C11H17ClN4O2/c1-4-13-5-6-14-9-8(10(17)18-3)7(2)15-11(12)16-9/h13H,4-6H2,1-3H3,(H,14,15,16). The molecule has 7 heteroatoms. The number of rotatable bonds is 6. The van der Waals surface area contributed by atoms with Crippen LogP contribution in [0.25, 0.3) is 0 Å². The predicted octanol–water partition coefficient (Wildman–Crippen LogP) is 1.25. The smallest absolute Gasteiger partial charge is 0.343 e. The van der Waals surface area contributed by atoms with E-state index in [9.17, 15) is 4.79 Å². The van der Waals surface area contributed by atoms with Gasteiger partial charge in [0, 0.05) is 13.1 Å². The van der Waals surface area contributed by atoms with Crippen LogP contribution in [-0.4, -0.2) is 42.7 Å². The first kappa shape index (κ1) is 14.7. The minimum absolute atomic E-state index is 0.103. The van der Waals surface area contributed by atoms with Crippen molar-refractivity contribution in [1.82, 2.24) is 15.3 Å². The number of ether oxygens (including phenoxy) is 1. The van der Waals surface area contributed by atoms with Crippen molar-refractivity contribution in [3.05, 3.63) is 16.5 Å². The van der Waals surface area contributed by atoms with Gasteiger partial charge in [-0.05, 0) is 25.1 Å². The summed E-state index contributed by atoms with van der Waals surface area (Å²) in [5.74, 6) is -0.0765. The molecule has 1 rings (SSSR count). The normalized spacial score (nSPS) is 10.2. The van der Waals surface area contributed by atoms with Gasteiger partial charge in [0.15, 0.2) is 0 Å². The van der Waals surface area contributed by atoms with E-state index >= 15 is 0 Å². The Morgan fingerprint density at radius 3 is 2.72 bits per heavy atom. The molecule has 0 spiro atoms. The Kier molecular flexibility index (Phi) is 5.80. The van der Waals surface area contributed by atoms with Gasteiger partial charge in [-0.2, -0.15) is 4.98 Å². The number of hydrogen-bond acceptors (Lipinski definition) is 6. The molecule has 0 unspecified atom stereocenters. The zero-order valence-electron chi connectivity index (χ0n) is 10.7. The Morgan fingerprint density at radius 1 is 1.39 bits per heavy atom. The Balaban J connectivity index is 2.89. The van der Waals surface area contributed by atoms with Crippen LogP contribution in [-0.2, 0) is 4.74 Å². The number of likely N-dealkylation sites (N-methyl/N-ethyl adjacent to an activating group) is 1. The van der Waals surface area contributed by atoms with Gasteiger partial charge in [-0.1, -0.05) is 6.92 Å². The molecule has 18 heavy (non-hydrogen) atoms. The lowest BCUT2D eigenvalue weighted by atomic mass is 10.2. The van der Waals surface area contributed by atoms with Gasteiger partial charge in [0.05, 0.1) is 12.8 Å². The minimum Gasteiger partial charge on any atom is -0.465 e.